The molecule has 0 saturated carbocycles. The van der Waals surface area contributed by atoms with Gasteiger partial charge in [-0.15, -0.1) is 11.3 Å². The second-order valence-electron chi connectivity index (χ2n) is 4.37. The van der Waals surface area contributed by atoms with Crippen LogP contribution in [0.4, 0.5) is 0 Å². The predicted molar refractivity (Wildman–Crippen MR) is 66.7 cm³/mol. The first-order valence-corrected chi connectivity index (χ1v) is 6.62. The molecule has 2 aromatic heterocycles. The van der Waals surface area contributed by atoms with Crippen molar-refractivity contribution in [3.63, 3.8) is 0 Å². The molecule has 0 N–H and O–H groups in total. The molecular weight excluding hydrogens is 216 g/mol. The summed E-state index contributed by atoms with van der Waals surface area (Å²) in [5, 5.41) is 3.03. The Morgan fingerprint density at radius 3 is 3.12 bits per heavy atom. The number of rotatable bonds is 1. The molecule has 0 fully saturated rings. The highest BCUT2D eigenvalue weighted by Crippen LogP contribution is 2.31. The summed E-state index contributed by atoms with van der Waals surface area (Å²) in [7, 11) is 0. The van der Waals surface area contributed by atoms with E-state index >= 15 is 0 Å². The van der Waals surface area contributed by atoms with Crippen LogP contribution in [-0.2, 0) is 6.42 Å². The SMILES string of the molecule is CC1CCCc2ccc(-c3nccs3)nc21. The van der Waals surface area contributed by atoms with Crippen molar-refractivity contribution in [1.82, 2.24) is 9.97 Å². The summed E-state index contributed by atoms with van der Waals surface area (Å²) in [6.45, 7) is 2.27. The van der Waals surface area contributed by atoms with Gasteiger partial charge in [0.1, 0.15) is 5.01 Å². The largest absolute Gasteiger partial charge is 0.250 e. The number of hydrogen-bond donors (Lipinski definition) is 0. The first-order chi connectivity index (χ1) is 7.84. The standard InChI is InChI=1S/C13H14N2S/c1-9-3-2-4-10-5-6-11(15-12(9)10)13-14-7-8-16-13/h5-9H,2-4H2,1H3. The predicted octanol–water partition coefficient (Wildman–Crippen LogP) is 3.64. The van der Waals surface area contributed by atoms with Gasteiger partial charge in [-0.2, -0.15) is 0 Å². The van der Waals surface area contributed by atoms with E-state index in [1.807, 2.05) is 11.6 Å². The molecule has 1 aliphatic rings. The lowest BCUT2D eigenvalue weighted by Gasteiger charge is -2.21. The Balaban J connectivity index is 2.07. The van der Waals surface area contributed by atoms with E-state index in [4.69, 9.17) is 4.98 Å². The molecule has 0 bridgehead atoms. The van der Waals surface area contributed by atoms with Gasteiger partial charge in [0.05, 0.1) is 5.69 Å². The van der Waals surface area contributed by atoms with Crippen molar-refractivity contribution in [3.8, 4) is 10.7 Å². The van der Waals surface area contributed by atoms with E-state index in [1.54, 1.807) is 11.3 Å². The van der Waals surface area contributed by atoms with Crippen molar-refractivity contribution in [2.45, 2.75) is 32.1 Å². The molecule has 0 radical (unpaired) electrons. The minimum absolute atomic E-state index is 0.601. The minimum Gasteiger partial charge on any atom is -0.250 e. The normalized spacial score (nSPS) is 19.4. The molecule has 1 atom stereocenters. The van der Waals surface area contributed by atoms with Gasteiger partial charge in [0.25, 0.3) is 0 Å². The average molecular weight is 230 g/mol. The fourth-order valence-corrected chi connectivity index (χ4v) is 2.95. The highest BCUT2D eigenvalue weighted by Gasteiger charge is 2.18. The Hall–Kier alpha value is -1.22. The second kappa shape index (κ2) is 3.98. The summed E-state index contributed by atoms with van der Waals surface area (Å²) in [6.07, 6.45) is 5.59. The van der Waals surface area contributed by atoms with Crippen molar-refractivity contribution in [3.05, 3.63) is 35.0 Å². The van der Waals surface area contributed by atoms with Crippen LogP contribution >= 0.6 is 11.3 Å². The van der Waals surface area contributed by atoms with E-state index in [0.29, 0.717) is 5.92 Å². The van der Waals surface area contributed by atoms with Crippen molar-refractivity contribution in [1.29, 1.82) is 0 Å². The van der Waals surface area contributed by atoms with Crippen LogP contribution in [0, 0.1) is 0 Å². The molecule has 0 aliphatic heterocycles. The van der Waals surface area contributed by atoms with Crippen molar-refractivity contribution in [2.24, 2.45) is 0 Å². The number of aromatic nitrogens is 2. The Morgan fingerprint density at radius 1 is 1.38 bits per heavy atom. The van der Waals surface area contributed by atoms with Gasteiger partial charge in [0, 0.05) is 17.3 Å². The number of nitrogens with zero attached hydrogens (tertiary/aromatic N) is 2. The highest BCUT2D eigenvalue weighted by atomic mass is 32.1. The van der Waals surface area contributed by atoms with Crippen LogP contribution < -0.4 is 0 Å². The summed E-state index contributed by atoms with van der Waals surface area (Å²) in [5.41, 5.74) is 3.75. The summed E-state index contributed by atoms with van der Waals surface area (Å²) in [6, 6.07) is 4.34. The van der Waals surface area contributed by atoms with Gasteiger partial charge in [0.2, 0.25) is 0 Å². The molecule has 3 rings (SSSR count). The van der Waals surface area contributed by atoms with Crippen molar-refractivity contribution < 1.29 is 0 Å². The number of fused-ring (bicyclic) bond motifs is 1. The number of thiazole rings is 1. The van der Waals surface area contributed by atoms with Gasteiger partial charge in [-0.3, -0.25) is 0 Å². The zero-order chi connectivity index (χ0) is 11.0. The third kappa shape index (κ3) is 1.65. The van der Waals surface area contributed by atoms with Gasteiger partial charge in [0.15, 0.2) is 0 Å². The molecule has 2 nitrogen and oxygen atoms in total. The fraction of sp³-hybridized carbons (Fsp3) is 0.385. The van der Waals surface area contributed by atoms with Crippen molar-refractivity contribution >= 4 is 11.3 Å². The van der Waals surface area contributed by atoms with Crippen molar-refractivity contribution in [2.75, 3.05) is 0 Å². The lowest BCUT2D eigenvalue weighted by molar-refractivity contribution is 0.574. The zero-order valence-corrected chi connectivity index (χ0v) is 10.1. The van der Waals surface area contributed by atoms with Gasteiger partial charge in [-0.05, 0) is 36.8 Å². The molecule has 0 aromatic carbocycles. The maximum atomic E-state index is 4.78. The van der Waals surface area contributed by atoms with Crippen LogP contribution in [-0.4, -0.2) is 9.97 Å². The Bertz CT molecular complexity index is 491. The van der Waals surface area contributed by atoms with E-state index in [9.17, 15) is 0 Å². The molecule has 0 saturated heterocycles. The van der Waals surface area contributed by atoms with Crippen LogP contribution in [0.5, 0.6) is 0 Å². The Morgan fingerprint density at radius 2 is 2.31 bits per heavy atom. The maximum absolute atomic E-state index is 4.78. The van der Waals surface area contributed by atoms with Crippen LogP contribution in [0.15, 0.2) is 23.7 Å². The van der Waals surface area contributed by atoms with E-state index in [1.165, 1.54) is 30.5 Å². The molecule has 1 unspecified atom stereocenters. The van der Waals surface area contributed by atoms with Crippen LogP contribution in [0.1, 0.15) is 36.9 Å². The molecule has 2 heterocycles. The molecule has 0 spiro atoms. The van der Waals surface area contributed by atoms with Crippen LogP contribution in [0.3, 0.4) is 0 Å². The molecule has 0 amide bonds. The Kier molecular flexibility index (Phi) is 2.48. The molecule has 82 valence electrons. The molecule has 3 heteroatoms. The quantitative estimate of drug-likeness (QED) is 0.747. The van der Waals surface area contributed by atoms with Crippen LogP contribution in [0.2, 0.25) is 0 Å². The lowest BCUT2D eigenvalue weighted by atomic mass is 9.88. The lowest BCUT2D eigenvalue weighted by Crippen LogP contribution is -2.09. The number of aryl methyl sites for hydroxylation is 1. The Labute approximate surface area is 99.4 Å². The van der Waals surface area contributed by atoms with E-state index in [-0.39, 0.29) is 0 Å². The summed E-state index contributed by atoms with van der Waals surface area (Å²) in [4.78, 5) is 9.10. The first-order valence-electron chi connectivity index (χ1n) is 5.74. The second-order valence-corrected chi connectivity index (χ2v) is 5.27. The topological polar surface area (TPSA) is 25.8 Å². The smallest absolute Gasteiger partial charge is 0.141 e. The van der Waals surface area contributed by atoms with Gasteiger partial charge in [-0.1, -0.05) is 13.0 Å². The maximum Gasteiger partial charge on any atom is 0.141 e. The summed E-state index contributed by atoms with van der Waals surface area (Å²) in [5.74, 6) is 0.601. The molecule has 1 aliphatic carbocycles. The summed E-state index contributed by atoms with van der Waals surface area (Å²) < 4.78 is 0. The average Bonchev–Trinajstić information content (AvgIpc) is 2.83. The third-order valence-electron chi connectivity index (χ3n) is 3.21. The van der Waals surface area contributed by atoms with Crippen LogP contribution in [0.25, 0.3) is 10.7 Å². The monoisotopic (exact) mass is 230 g/mol. The first kappa shape index (κ1) is 9.97. The third-order valence-corrected chi connectivity index (χ3v) is 4.01. The molecular formula is C13H14N2S. The fourth-order valence-electron chi connectivity index (χ4n) is 2.35. The molecule has 16 heavy (non-hydrogen) atoms. The molecule has 2 aromatic rings. The van der Waals surface area contributed by atoms with Gasteiger partial charge >= 0.3 is 0 Å². The highest BCUT2D eigenvalue weighted by molar-refractivity contribution is 7.13. The minimum atomic E-state index is 0.601. The van der Waals surface area contributed by atoms with Gasteiger partial charge in [-0.25, -0.2) is 9.97 Å². The number of hydrogen-bond acceptors (Lipinski definition) is 3. The van der Waals surface area contributed by atoms with E-state index in [0.717, 1.165) is 10.7 Å². The number of pyridine rings is 1. The van der Waals surface area contributed by atoms with Gasteiger partial charge < -0.3 is 0 Å². The zero-order valence-electron chi connectivity index (χ0n) is 9.31. The van der Waals surface area contributed by atoms with E-state index < -0.39 is 0 Å². The summed E-state index contributed by atoms with van der Waals surface area (Å²) >= 11 is 1.65. The van der Waals surface area contributed by atoms with E-state index in [2.05, 4.69) is 24.0 Å².